The predicted octanol–water partition coefficient (Wildman–Crippen LogP) is 4.56. The standard InChI is InChI=1S/C19H16N2O/c22-19-14-8-7-9-16(19)15-20-21(17-10-3-1-4-11-17)18-12-5-2-6-13-18/h1-15,22H. The van der Waals surface area contributed by atoms with Crippen LogP contribution in [0.5, 0.6) is 5.75 Å². The number of para-hydroxylation sites is 3. The molecule has 3 heteroatoms. The van der Waals surface area contributed by atoms with Gasteiger partial charge in [-0.2, -0.15) is 5.10 Å². The molecule has 0 bridgehead atoms. The topological polar surface area (TPSA) is 35.8 Å². The molecule has 0 unspecified atom stereocenters. The van der Waals surface area contributed by atoms with Gasteiger partial charge in [0.2, 0.25) is 0 Å². The Morgan fingerprint density at radius 3 is 1.73 bits per heavy atom. The minimum Gasteiger partial charge on any atom is -0.507 e. The molecular formula is C19H16N2O. The number of hydrazone groups is 1. The van der Waals surface area contributed by atoms with E-state index in [-0.39, 0.29) is 5.75 Å². The summed E-state index contributed by atoms with van der Waals surface area (Å²) in [5, 5.41) is 16.2. The summed E-state index contributed by atoms with van der Waals surface area (Å²) in [7, 11) is 0. The van der Waals surface area contributed by atoms with Gasteiger partial charge in [-0.1, -0.05) is 48.5 Å². The largest absolute Gasteiger partial charge is 0.507 e. The lowest BCUT2D eigenvalue weighted by molar-refractivity contribution is 0.474. The van der Waals surface area contributed by atoms with Crippen LogP contribution < -0.4 is 5.01 Å². The number of hydrogen-bond acceptors (Lipinski definition) is 3. The first-order valence-electron chi connectivity index (χ1n) is 7.07. The highest BCUT2D eigenvalue weighted by Crippen LogP contribution is 2.25. The highest BCUT2D eigenvalue weighted by atomic mass is 16.3. The molecule has 3 aromatic carbocycles. The molecule has 1 N–H and O–H groups in total. The Labute approximate surface area is 129 Å². The van der Waals surface area contributed by atoms with Crippen LogP contribution in [0.4, 0.5) is 11.4 Å². The van der Waals surface area contributed by atoms with E-state index in [2.05, 4.69) is 5.10 Å². The molecule has 22 heavy (non-hydrogen) atoms. The molecule has 0 saturated carbocycles. The molecule has 108 valence electrons. The fourth-order valence-corrected chi connectivity index (χ4v) is 2.14. The first kappa shape index (κ1) is 13.9. The third-order valence-corrected chi connectivity index (χ3v) is 3.25. The fourth-order valence-electron chi connectivity index (χ4n) is 2.14. The van der Waals surface area contributed by atoms with Crippen molar-refractivity contribution in [3.05, 3.63) is 90.5 Å². The van der Waals surface area contributed by atoms with Crippen molar-refractivity contribution in [2.24, 2.45) is 5.10 Å². The van der Waals surface area contributed by atoms with Gasteiger partial charge in [0, 0.05) is 5.56 Å². The number of nitrogens with zero attached hydrogens (tertiary/aromatic N) is 2. The Morgan fingerprint density at radius 1 is 0.682 bits per heavy atom. The lowest BCUT2D eigenvalue weighted by Crippen LogP contribution is -2.09. The molecule has 3 aromatic rings. The van der Waals surface area contributed by atoms with Crippen molar-refractivity contribution in [2.75, 3.05) is 5.01 Å². The molecular weight excluding hydrogens is 272 g/mol. The lowest BCUT2D eigenvalue weighted by Gasteiger charge is -2.19. The maximum Gasteiger partial charge on any atom is 0.124 e. The molecule has 0 amide bonds. The maximum atomic E-state index is 9.85. The van der Waals surface area contributed by atoms with Crippen molar-refractivity contribution in [3.63, 3.8) is 0 Å². The van der Waals surface area contributed by atoms with Crippen LogP contribution in [0.15, 0.2) is 90.0 Å². The fraction of sp³-hybridized carbons (Fsp3) is 0. The molecule has 0 saturated heterocycles. The Morgan fingerprint density at radius 2 is 1.18 bits per heavy atom. The zero-order valence-electron chi connectivity index (χ0n) is 12.0. The second-order valence-electron chi connectivity index (χ2n) is 4.79. The number of aromatic hydroxyl groups is 1. The Hall–Kier alpha value is -3.07. The number of phenolic OH excluding ortho intramolecular Hbond substituents is 1. The minimum atomic E-state index is 0.215. The quantitative estimate of drug-likeness (QED) is 0.564. The van der Waals surface area contributed by atoms with Crippen molar-refractivity contribution in [2.45, 2.75) is 0 Å². The predicted molar refractivity (Wildman–Crippen MR) is 90.7 cm³/mol. The average molecular weight is 288 g/mol. The summed E-state index contributed by atoms with van der Waals surface area (Å²) in [5.41, 5.74) is 2.60. The third kappa shape index (κ3) is 3.15. The summed E-state index contributed by atoms with van der Waals surface area (Å²) in [6, 6.07) is 27.0. The van der Waals surface area contributed by atoms with Gasteiger partial charge in [-0.3, -0.25) is 0 Å². The van der Waals surface area contributed by atoms with E-state index >= 15 is 0 Å². The molecule has 0 spiro atoms. The van der Waals surface area contributed by atoms with E-state index in [1.54, 1.807) is 18.3 Å². The zero-order chi connectivity index (χ0) is 15.2. The number of benzene rings is 3. The van der Waals surface area contributed by atoms with Crippen LogP contribution in [0, 0.1) is 0 Å². The lowest BCUT2D eigenvalue weighted by atomic mass is 10.2. The van der Waals surface area contributed by atoms with Gasteiger partial charge in [-0.25, -0.2) is 5.01 Å². The number of hydrogen-bond donors (Lipinski definition) is 1. The van der Waals surface area contributed by atoms with Crippen molar-refractivity contribution >= 4 is 17.6 Å². The van der Waals surface area contributed by atoms with E-state index in [1.165, 1.54) is 0 Å². The number of anilines is 2. The monoisotopic (exact) mass is 288 g/mol. The van der Waals surface area contributed by atoms with Gasteiger partial charge in [-0.15, -0.1) is 0 Å². The van der Waals surface area contributed by atoms with Crippen molar-refractivity contribution in [3.8, 4) is 5.75 Å². The molecule has 3 rings (SSSR count). The van der Waals surface area contributed by atoms with Gasteiger partial charge in [0.25, 0.3) is 0 Å². The second-order valence-corrected chi connectivity index (χ2v) is 4.79. The molecule has 0 heterocycles. The van der Waals surface area contributed by atoms with Gasteiger partial charge >= 0.3 is 0 Å². The molecule has 0 aliphatic carbocycles. The van der Waals surface area contributed by atoms with Crippen molar-refractivity contribution < 1.29 is 5.11 Å². The number of rotatable bonds is 4. The van der Waals surface area contributed by atoms with Gasteiger partial charge < -0.3 is 5.11 Å². The SMILES string of the molecule is Oc1ccccc1C=NN(c1ccccc1)c1ccccc1. The average Bonchev–Trinajstić information content (AvgIpc) is 2.59. The first-order valence-corrected chi connectivity index (χ1v) is 7.07. The molecule has 0 atom stereocenters. The number of phenols is 1. The summed E-state index contributed by atoms with van der Waals surface area (Å²) in [6.45, 7) is 0. The van der Waals surface area contributed by atoms with E-state index in [0.29, 0.717) is 5.56 Å². The van der Waals surface area contributed by atoms with Crippen molar-refractivity contribution in [1.82, 2.24) is 0 Å². The molecule has 0 radical (unpaired) electrons. The Balaban J connectivity index is 1.98. The highest BCUT2D eigenvalue weighted by molar-refractivity contribution is 5.84. The van der Waals surface area contributed by atoms with Crippen LogP contribution in [-0.2, 0) is 0 Å². The Kier molecular flexibility index (Phi) is 4.16. The van der Waals surface area contributed by atoms with Crippen LogP contribution in [0.2, 0.25) is 0 Å². The van der Waals surface area contributed by atoms with E-state index < -0.39 is 0 Å². The second kappa shape index (κ2) is 6.59. The third-order valence-electron chi connectivity index (χ3n) is 3.25. The molecule has 0 fully saturated rings. The molecule has 0 aliphatic heterocycles. The normalized spacial score (nSPS) is 10.7. The summed E-state index contributed by atoms with van der Waals surface area (Å²) >= 11 is 0. The van der Waals surface area contributed by atoms with Crippen LogP contribution in [0.3, 0.4) is 0 Å². The van der Waals surface area contributed by atoms with Crippen molar-refractivity contribution in [1.29, 1.82) is 0 Å². The zero-order valence-corrected chi connectivity index (χ0v) is 12.0. The summed E-state index contributed by atoms with van der Waals surface area (Å²) < 4.78 is 0. The molecule has 0 aromatic heterocycles. The van der Waals surface area contributed by atoms with Gasteiger partial charge in [0.15, 0.2) is 0 Å². The minimum absolute atomic E-state index is 0.215. The molecule has 3 nitrogen and oxygen atoms in total. The van der Waals surface area contributed by atoms with E-state index in [9.17, 15) is 5.11 Å². The summed E-state index contributed by atoms with van der Waals surface area (Å²) in [6.07, 6.45) is 1.66. The summed E-state index contributed by atoms with van der Waals surface area (Å²) in [4.78, 5) is 0. The first-order chi connectivity index (χ1) is 10.8. The maximum absolute atomic E-state index is 9.85. The van der Waals surface area contributed by atoms with E-state index in [0.717, 1.165) is 11.4 Å². The Bertz CT molecular complexity index is 715. The smallest absolute Gasteiger partial charge is 0.124 e. The van der Waals surface area contributed by atoms with Crippen LogP contribution in [0.25, 0.3) is 0 Å². The van der Waals surface area contributed by atoms with E-state index in [4.69, 9.17) is 0 Å². The van der Waals surface area contributed by atoms with Crippen LogP contribution in [0.1, 0.15) is 5.56 Å². The van der Waals surface area contributed by atoms with Gasteiger partial charge in [0.05, 0.1) is 17.6 Å². The van der Waals surface area contributed by atoms with Gasteiger partial charge in [0.1, 0.15) is 5.75 Å². The van der Waals surface area contributed by atoms with Crippen LogP contribution >= 0.6 is 0 Å². The van der Waals surface area contributed by atoms with Crippen LogP contribution in [-0.4, -0.2) is 11.3 Å². The highest BCUT2D eigenvalue weighted by Gasteiger charge is 2.06. The summed E-state index contributed by atoms with van der Waals surface area (Å²) in [5.74, 6) is 0.215. The van der Waals surface area contributed by atoms with Gasteiger partial charge in [-0.05, 0) is 36.4 Å². The van der Waals surface area contributed by atoms with E-state index in [1.807, 2.05) is 77.8 Å². The molecule has 0 aliphatic rings.